The van der Waals surface area contributed by atoms with E-state index in [-0.39, 0.29) is 30.9 Å². The summed E-state index contributed by atoms with van der Waals surface area (Å²) in [6.45, 7) is 1.32. The van der Waals surface area contributed by atoms with Crippen LogP contribution in [0.15, 0.2) is 24.3 Å². The van der Waals surface area contributed by atoms with E-state index in [1.807, 2.05) is 6.92 Å². The smallest absolute Gasteiger partial charge is 0.450 e. The lowest BCUT2D eigenvalue weighted by Crippen LogP contribution is -2.55. The van der Waals surface area contributed by atoms with Gasteiger partial charge in [0.1, 0.15) is 11.8 Å². The van der Waals surface area contributed by atoms with Crippen molar-refractivity contribution >= 4 is 29.7 Å². The lowest BCUT2D eigenvalue weighted by molar-refractivity contribution is -0.167. The summed E-state index contributed by atoms with van der Waals surface area (Å²) in [6, 6.07) is 4.85. The van der Waals surface area contributed by atoms with Crippen molar-refractivity contribution in [2.45, 2.75) is 38.0 Å². The van der Waals surface area contributed by atoms with Gasteiger partial charge in [0.15, 0.2) is 0 Å². The highest BCUT2D eigenvalue weighted by Crippen LogP contribution is 2.54. The van der Waals surface area contributed by atoms with Gasteiger partial charge in [0.05, 0.1) is 12.5 Å². The molecule has 3 rings (SSSR count). The molecular formula is C22H29N5O7. The van der Waals surface area contributed by atoms with Gasteiger partial charge in [0.25, 0.3) is 0 Å². The number of amides is 3. The van der Waals surface area contributed by atoms with Crippen molar-refractivity contribution in [1.82, 2.24) is 9.80 Å². The van der Waals surface area contributed by atoms with Gasteiger partial charge < -0.3 is 26.4 Å². The molecule has 4 unspecified atom stereocenters. The Morgan fingerprint density at radius 2 is 1.79 bits per heavy atom. The van der Waals surface area contributed by atoms with Crippen LogP contribution >= 0.6 is 0 Å². The number of nitrogens with two attached hydrogens (primary N) is 2. The van der Waals surface area contributed by atoms with Crippen LogP contribution in [0.1, 0.15) is 37.3 Å². The van der Waals surface area contributed by atoms with Crippen molar-refractivity contribution in [3.8, 4) is 0 Å². The quantitative estimate of drug-likeness (QED) is 0.131. The summed E-state index contributed by atoms with van der Waals surface area (Å²) in [6.07, 6.45) is -0.645. The molecule has 2 aliphatic rings. The number of nitrogens with zero attached hydrogens (tertiary/aromatic N) is 2. The number of benzene rings is 1. The van der Waals surface area contributed by atoms with Crippen molar-refractivity contribution in [1.29, 1.82) is 5.41 Å². The van der Waals surface area contributed by atoms with Crippen molar-refractivity contribution in [2.75, 3.05) is 19.7 Å². The number of likely N-dealkylation sites (tertiary alicyclic amines) is 2. The fourth-order valence-corrected chi connectivity index (χ4v) is 5.03. The second-order valence-corrected chi connectivity index (χ2v) is 8.40. The van der Waals surface area contributed by atoms with E-state index in [4.69, 9.17) is 21.6 Å². The largest absolute Gasteiger partial charge is 0.507 e. The minimum absolute atomic E-state index is 0.160. The molecule has 12 heteroatoms. The number of carboxylic acid groups (broad SMARTS) is 1. The number of ether oxygens (including phenoxy) is 1. The first-order chi connectivity index (χ1) is 16.1. The van der Waals surface area contributed by atoms with Crippen LogP contribution in [0.2, 0.25) is 0 Å². The van der Waals surface area contributed by atoms with Crippen LogP contribution in [0.3, 0.4) is 0 Å². The second kappa shape index (κ2) is 9.77. The molecular weight excluding hydrogens is 446 g/mol. The number of imide groups is 1. The maximum atomic E-state index is 13.6. The number of aliphatic hydroxyl groups excluding tert-OH is 1. The van der Waals surface area contributed by atoms with Crippen molar-refractivity contribution in [3.63, 3.8) is 0 Å². The average Bonchev–Trinajstić information content (AvgIpc) is 3.20. The van der Waals surface area contributed by atoms with Crippen LogP contribution in [0.5, 0.6) is 0 Å². The Morgan fingerprint density at radius 3 is 2.29 bits per heavy atom. The summed E-state index contributed by atoms with van der Waals surface area (Å²) in [4.78, 5) is 52.9. The van der Waals surface area contributed by atoms with Gasteiger partial charge in [-0.25, -0.2) is 4.79 Å². The molecule has 0 aliphatic carbocycles. The van der Waals surface area contributed by atoms with Gasteiger partial charge in [-0.1, -0.05) is 37.6 Å². The molecule has 2 aliphatic heterocycles. The highest BCUT2D eigenvalue weighted by atomic mass is 16.7. The number of hydrogen-bond donors (Lipinski definition) is 5. The topological polar surface area (TPSA) is 200 Å². The third-order valence-electron chi connectivity index (χ3n) is 6.48. The van der Waals surface area contributed by atoms with Gasteiger partial charge in [-0.15, -0.1) is 0 Å². The molecule has 34 heavy (non-hydrogen) atoms. The van der Waals surface area contributed by atoms with Crippen LogP contribution in [-0.2, 0) is 24.8 Å². The number of unbranched alkanes of at least 4 members (excludes halogenated alkanes) is 1. The van der Waals surface area contributed by atoms with Gasteiger partial charge in [0, 0.05) is 36.7 Å². The number of aliphatic hydroxyl groups is 1. The zero-order valence-corrected chi connectivity index (χ0v) is 18.8. The molecule has 184 valence electrons. The summed E-state index contributed by atoms with van der Waals surface area (Å²) in [7, 11) is 0. The molecule has 2 heterocycles. The van der Waals surface area contributed by atoms with Gasteiger partial charge in [0.2, 0.25) is 23.4 Å². The van der Waals surface area contributed by atoms with Gasteiger partial charge >= 0.3 is 6.16 Å². The first-order valence-electron chi connectivity index (χ1n) is 11.0. The number of amidine groups is 1. The maximum Gasteiger partial charge on any atom is 0.507 e. The minimum Gasteiger partial charge on any atom is -0.450 e. The molecule has 0 saturated carbocycles. The molecule has 2 fully saturated rings. The second-order valence-electron chi connectivity index (χ2n) is 8.40. The highest BCUT2D eigenvalue weighted by molar-refractivity contribution is 6.07. The van der Waals surface area contributed by atoms with Crippen LogP contribution in [0.25, 0.3) is 0 Å². The van der Waals surface area contributed by atoms with Crippen molar-refractivity contribution < 1.29 is 34.1 Å². The molecule has 3 amide bonds. The number of primary amides is 1. The normalized spacial score (nSPS) is 26.5. The van der Waals surface area contributed by atoms with Crippen LogP contribution in [0.4, 0.5) is 4.79 Å². The van der Waals surface area contributed by atoms with Crippen molar-refractivity contribution in [3.05, 3.63) is 35.4 Å². The van der Waals surface area contributed by atoms with E-state index in [1.54, 1.807) is 0 Å². The first-order valence-corrected chi connectivity index (χ1v) is 11.0. The zero-order valence-electron chi connectivity index (χ0n) is 18.8. The van der Waals surface area contributed by atoms with Gasteiger partial charge in [-0.3, -0.25) is 29.6 Å². The number of fused-ring (bicyclic) bond motifs is 1. The van der Waals surface area contributed by atoms with E-state index in [2.05, 4.69) is 0 Å². The molecule has 7 N–H and O–H groups in total. The number of nitrogens with one attached hydrogen (secondary N) is 1. The Morgan fingerprint density at radius 1 is 1.15 bits per heavy atom. The summed E-state index contributed by atoms with van der Waals surface area (Å²) in [5, 5.41) is 27.6. The van der Waals surface area contributed by atoms with E-state index in [9.17, 15) is 29.4 Å². The van der Waals surface area contributed by atoms with E-state index >= 15 is 0 Å². The van der Waals surface area contributed by atoms with E-state index in [0.717, 1.165) is 11.3 Å². The van der Waals surface area contributed by atoms with Gasteiger partial charge in [-0.2, -0.15) is 0 Å². The minimum atomic E-state index is -2.01. The molecule has 0 bridgehead atoms. The lowest BCUT2D eigenvalue weighted by Gasteiger charge is -2.42. The average molecular weight is 476 g/mol. The fourth-order valence-electron chi connectivity index (χ4n) is 5.03. The monoisotopic (exact) mass is 475 g/mol. The molecule has 0 spiro atoms. The predicted octanol–water partition coefficient (Wildman–Crippen LogP) is -0.229. The maximum absolute atomic E-state index is 13.6. The molecule has 4 atom stereocenters. The Kier molecular flexibility index (Phi) is 7.22. The number of nitrogen functional groups attached to an aromatic ring is 1. The van der Waals surface area contributed by atoms with Gasteiger partial charge in [-0.05, 0) is 6.42 Å². The van der Waals surface area contributed by atoms with E-state index in [0.29, 0.717) is 12.0 Å². The SMILES string of the molecule is CCCCN1C(=O)C2C(CO)N(CCC(N)=O)C(OC(=O)O)(c3ccc(C(=N)N)cc3)C2C1=O. The fraction of sp³-hybridized carbons (Fsp3) is 0.500. The van der Waals surface area contributed by atoms with E-state index < -0.39 is 54.1 Å². The highest BCUT2D eigenvalue weighted by Gasteiger charge is 2.71. The van der Waals surface area contributed by atoms with Crippen LogP contribution in [0, 0.1) is 17.2 Å². The van der Waals surface area contributed by atoms with E-state index in [1.165, 1.54) is 29.2 Å². The first kappa shape index (κ1) is 25.1. The van der Waals surface area contributed by atoms with Crippen molar-refractivity contribution in [2.24, 2.45) is 23.3 Å². The Hall–Kier alpha value is -3.51. The Balaban J connectivity index is 2.24. The number of carbonyl (C=O) groups excluding carboxylic acids is 3. The molecule has 2 saturated heterocycles. The number of carbonyl (C=O) groups is 4. The standard InChI is InChI=1S/C22H29N5O7/c1-2-3-9-26-19(30)16-14(11-28)27(10-8-15(23)29)22(34-21(32)33,17(16)20(26)31)13-6-4-12(5-7-13)18(24)25/h4-7,14,16-17,28H,2-3,8-11H2,1H3,(H2,23,29)(H3,24,25)(H,32,33). The zero-order chi connectivity index (χ0) is 25.2. The summed E-state index contributed by atoms with van der Waals surface area (Å²) >= 11 is 0. The molecule has 0 aromatic heterocycles. The molecule has 0 radical (unpaired) electrons. The molecule has 1 aromatic carbocycles. The summed E-state index contributed by atoms with van der Waals surface area (Å²) in [5.41, 5.74) is 9.40. The number of hydrogen-bond acceptors (Lipinski definition) is 8. The summed E-state index contributed by atoms with van der Waals surface area (Å²) in [5.74, 6) is -4.42. The Labute approximate surface area is 195 Å². The molecule has 12 nitrogen and oxygen atoms in total. The molecule has 1 aromatic rings. The Bertz CT molecular complexity index is 998. The van der Waals surface area contributed by atoms with Crippen LogP contribution in [-0.4, -0.2) is 75.5 Å². The van der Waals surface area contributed by atoms with Crippen LogP contribution < -0.4 is 11.5 Å². The predicted molar refractivity (Wildman–Crippen MR) is 118 cm³/mol. The summed E-state index contributed by atoms with van der Waals surface area (Å²) < 4.78 is 5.44. The third-order valence-corrected chi connectivity index (χ3v) is 6.48. The number of rotatable bonds is 10. The third kappa shape index (κ3) is 4.10. The lowest BCUT2D eigenvalue weighted by atomic mass is 9.83.